The van der Waals surface area contributed by atoms with Gasteiger partial charge in [-0.25, -0.2) is 4.79 Å². The van der Waals surface area contributed by atoms with Gasteiger partial charge >= 0.3 is 12.1 Å². The van der Waals surface area contributed by atoms with Crippen LogP contribution in [-0.4, -0.2) is 58.2 Å². The highest BCUT2D eigenvalue weighted by Crippen LogP contribution is 2.19. The molecule has 6 nitrogen and oxygen atoms in total. The number of carbonyl (C=O) groups is 2. The van der Waals surface area contributed by atoms with E-state index in [0.717, 1.165) is 30.8 Å². The van der Waals surface area contributed by atoms with Crippen molar-refractivity contribution in [2.24, 2.45) is 0 Å². The second-order valence-electron chi connectivity index (χ2n) is 8.06. The molecule has 6 heteroatoms. The van der Waals surface area contributed by atoms with Crippen LogP contribution >= 0.6 is 0 Å². The lowest BCUT2D eigenvalue weighted by Gasteiger charge is -2.40. The monoisotopic (exact) mass is 362 g/mol. The van der Waals surface area contributed by atoms with Crippen LogP contribution in [0.25, 0.3) is 0 Å². The standard InChI is InChI=1S/C20H30N2O4/c1-14-12-21(10-11-22(14)19(25)26-20(3,4)5)13-16-6-8-17(9-7-16)15(2)18(23)24/h6-9,14-15H,10-13H2,1-5H3,(H,23,24)/t14-,15?/m0/s1. The molecule has 1 aromatic rings. The lowest BCUT2D eigenvalue weighted by molar-refractivity contribution is -0.138. The van der Waals surface area contributed by atoms with Crippen molar-refractivity contribution in [2.45, 2.75) is 58.7 Å². The van der Waals surface area contributed by atoms with Crippen molar-refractivity contribution in [1.29, 1.82) is 0 Å². The van der Waals surface area contributed by atoms with E-state index in [9.17, 15) is 9.59 Å². The topological polar surface area (TPSA) is 70.1 Å². The molecule has 0 aromatic heterocycles. The molecule has 0 saturated carbocycles. The highest BCUT2D eigenvalue weighted by Gasteiger charge is 2.30. The summed E-state index contributed by atoms with van der Waals surface area (Å²) in [6.45, 7) is 12.4. The van der Waals surface area contributed by atoms with Crippen molar-refractivity contribution in [3.8, 4) is 0 Å². The molecule has 26 heavy (non-hydrogen) atoms. The average Bonchev–Trinajstić information content (AvgIpc) is 2.53. The summed E-state index contributed by atoms with van der Waals surface area (Å²) in [5.74, 6) is -1.31. The Labute approximate surface area is 155 Å². The molecule has 1 amide bonds. The number of amides is 1. The fourth-order valence-electron chi connectivity index (χ4n) is 3.08. The second kappa shape index (κ2) is 8.08. The smallest absolute Gasteiger partial charge is 0.410 e. The maximum absolute atomic E-state index is 12.3. The molecule has 2 rings (SSSR count). The van der Waals surface area contributed by atoms with E-state index in [1.807, 2.05) is 52.0 Å². The quantitative estimate of drug-likeness (QED) is 0.890. The number of piperazine rings is 1. The van der Waals surface area contributed by atoms with Gasteiger partial charge in [-0.3, -0.25) is 9.69 Å². The Balaban J connectivity index is 1.91. The minimum atomic E-state index is -0.815. The summed E-state index contributed by atoms with van der Waals surface area (Å²) in [5, 5.41) is 9.08. The number of carbonyl (C=O) groups excluding carboxylic acids is 1. The molecule has 1 saturated heterocycles. The first kappa shape index (κ1) is 20.2. The largest absolute Gasteiger partial charge is 0.481 e. The number of carboxylic acids is 1. The highest BCUT2D eigenvalue weighted by molar-refractivity contribution is 5.75. The van der Waals surface area contributed by atoms with E-state index in [4.69, 9.17) is 9.84 Å². The van der Waals surface area contributed by atoms with Gasteiger partial charge in [0.25, 0.3) is 0 Å². The Kier molecular flexibility index (Phi) is 6.29. The van der Waals surface area contributed by atoms with Gasteiger partial charge in [-0.05, 0) is 45.7 Å². The average molecular weight is 362 g/mol. The van der Waals surface area contributed by atoms with Crippen LogP contribution in [0.1, 0.15) is 51.7 Å². The van der Waals surface area contributed by atoms with Gasteiger partial charge < -0.3 is 14.7 Å². The van der Waals surface area contributed by atoms with E-state index >= 15 is 0 Å². The van der Waals surface area contributed by atoms with Crippen LogP contribution in [0.15, 0.2) is 24.3 Å². The molecule has 1 heterocycles. The Bertz CT molecular complexity index is 636. The Morgan fingerprint density at radius 3 is 2.35 bits per heavy atom. The van der Waals surface area contributed by atoms with Gasteiger partial charge in [-0.1, -0.05) is 24.3 Å². The van der Waals surface area contributed by atoms with Gasteiger partial charge in [0, 0.05) is 32.2 Å². The third-order valence-corrected chi connectivity index (χ3v) is 4.60. The molecule has 1 fully saturated rings. The molecule has 1 aliphatic heterocycles. The van der Waals surface area contributed by atoms with Crippen molar-refractivity contribution in [2.75, 3.05) is 19.6 Å². The van der Waals surface area contributed by atoms with Crippen molar-refractivity contribution in [1.82, 2.24) is 9.80 Å². The van der Waals surface area contributed by atoms with Crippen molar-refractivity contribution in [3.05, 3.63) is 35.4 Å². The summed E-state index contributed by atoms with van der Waals surface area (Å²) < 4.78 is 5.48. The van der Waals surface area contributed by atoms with Gasteiger partial charge in [-0.2, -0.15) is 0 Å². The van der Waals surface area contributed by atoms with Gasteiger partial charge in [0.15, 0.2) is 0 Å². The first-order valence-electron chi connectivity index (χ1n) is 9.10. The predicted molar refractivity (Wildman–Crippen MR) is 100 cm³/mol. The molecule has 0 bridgehead atoms. The maximum Gasteiger partial charge on any atom is 0.410 e. The number of hydrogen-bond acceptors (Lipinski definition) is 4. The summed E-state index contributed by atoms with van der Waals surface area (Å²) in [4.78, 5) is 27.4. The highest BCUT2D eigenvalue weighted by atomic mass is 16.6. The van der Waals surface area contributed by atoms with Gasteiger partial charge in [0.1, 0.15) is 5.60 Å². The number of carboxylic acid groups (broad SMARTS) is 1. The first-order chi connectivity index (χ1) is 12.1. The molecular formula is C20H30N2O4. The molecule has 0 aliphatic carbocycles. The minimum absolute atomic E-state index is 0.0879. The molecule has 0 spiro atoms. The Morgan fingerprint density at radius 1 is 1.23 bits per heavy atom. The second-order valence-corrected chi connectivity index (χ2v) is 8.06. The van der Waals surface area contributed by atoms with Crippen LogP contribution < -0.4 is 0 Å². The summed E-state index contributed by atoms with van der Waals surface area (Å²) in [6.07, 6.45) is -0.253. The van der Waals surface area contributed by atoms with E-state index in [-0.39, 0.29) is 12.1 Å². The summed E-state index contributed by atoms with van der Waals surface area (Å²) in [6, 6.07) is 7.83. The zero-order chi connectivity index (χ0) is 19.5. The number of hydrogen-bond donors (Lipinski definition) is 1. The fraction of sp³-hybridized carbons (Fsp3) is 0.600. The van der Waals surface area contributed by atoms with E-state index in [1.165, 1.54) is 0 Å². The van der Waals surface area contributed by atoms with Crippen molar-refractivity contribution < 1.29 is 19.4 Å². The summed E-state index contributed by atoms with van der Waals surface area (Å²) >= 11 is 0. The first-order valence-corrected chi connectivity index (χ1v) is 9.10. The lowest BCUT2D eigenvalue weighted by Crippen LogP contribution is -2.54. The van der Waals surface area contributed by atoms with Crippen LogP contribution in [0.4, 0.5) is 4.79 Å². The summed E-state index contributed by atoms with van der Waals surface area (Å²) in [5.41, 5.74) is 1.47. The van der Waals surface area contributed by atoms with E-state index in [0.29, 0.717) is 6.54 Å². The van der Waals surface area contributed by atoms with Gasteiger partial charge in [0.2, 0.25) is 0 Å². The molecule has 1 unspecified atom stereocenters. The molecule has 0 radical (unpaired) electrons. The van der Waals surface area contributed by atoms with Crippen LogP contribution in [-0.2, 0) is 16.1 Å². The fourth-order valence-corrected chi connectivity index (χ4v) is 3.08. The van der Waals surface area contributed by atoms with Gasteiger partial charge in [0.05, 0.1) is 5.92 Å². The number of nitrogens with zero attached hydrogens (tertiary/aromatic N) is 2. The zero-order valence-corrected chi connectivity index (χ0v) is 16.4. The molecule has 2 atom stereocenters. The van der Waals surface area contributed by atoms with E-state index in [1.54, 1.807) is 11.8 Å². The molecule has 1 aromatic carbocycles. The van der Waals surface area contributed by atoms with Crippen LogP contribution in [0.5, 0.6) is 0 Å². The predicted octanol–water partition coefficient (Wildman–Crippen LogP) is 3.32. The molecular weight excluding hydrogens is 332 g/mol. The lowest BCUT2D eigenvalue weighted by atomic mass is 10.00. The van der Waals surface area contributed by atoms with Crippen LogP contribution in [0.2, 0.25) is 0 Å². The number of benzene rings is 1. The molecule has 1 N–H and O–H groups in total. The molecule has 1 aliphatic rings. The third kappa shape index (κ3) is 5.46. The molecule has 144 valence electrons. The van der Waals surface area contributed by atoms with Gasteiger partial charge in [-0.15, -0.1) is 0 Å². The van der Waals surface area contributed by atoms with Crippen molar-refractivity contribution in [3.63, 3.8) is 0 Å². The third-order valence-electron chi connectivity index (χ3n) is 4.60. The van der Waals surface area contributed by atoms with E-state index < -0.39 is 17.5 Å². The number of ether oxygens (including phenoxy) is 1. The number of aliphatic carboxylic acids is 1. The normalized spacial score (nSPS) is 19.9. The SMILES string of the molecule is CC(C(=O)O)c1ccc(CN2CCN(C(=O)OC(C)(C)C)[C@@H](C)C2)cc1. The zero-order valence-electron chi connectivity index (χ0n) is 16.4. The number of rotatable bonds is 4. The Morgan fingerprint density at radius 2 is 1.85 bits per heavy atom. The summed E-state index contributed by atoms with van der Waals surface area (Å²) in [7, 11) is 0. The minimum Gasteiger partial charge on any atom is -0.481 e. The van der Waals surface area contributed by atoms with E-state index in [2.05, 4.69) is 4.90 Å². The van der Waals surface area contributed by atoms with Crippen LogP contribution in [0.3, 0.4) is 0 Å². The Hall–Kier alpha value is -2.08. The van der Waals surface area contributed by atoms with Crippen LogP contribution in [0, 0.1) is 0 Å². The van der Waals surface area contributed by atoms with Crippen molar-refractivity contribution >= 4 is 12.1 Å². The maximum atomic E-state index is 12.3.